The fourth-order valence-corrected chi connectivity index (χ4v) is 2.03. The topological polar surface area (TPSA) is 45.8 Å². The van der Waals surface area contributed by atoms with E-state index in [0.717, 1.165) is 5.56 Å². The van der Waals surface area contributed by atoms with Crippen molar-refractivity contribution in [3.63, 3.8) is 0 Å². The molecule has 0 amide bonds. The molecule has 2 aromatic carbocycles. The molecule has 0 unspecified atom stereocenters. The minimum absolute atomic E-state index is 0.215. The Hall–Kier alpha value is -2.49. The van der Waals surface area contributed by atoms with Gasteiger partial charge >= 0.3 is 0 Å². The fraction of sp³-hybridized carbons (Fsp3) is 0.0667. The first-order valence-electron chi connectivity index (χ1n) is 5.90. The highest BCUT2D eigenvalue weighted by atomic mass is 19.1. The molecule has 0 aliphatic rings. The van der Waals surface area contributed by atoms with Crippen molar-refractivity contribution in [3.05, 3.63) is 64.2 Å². The molecule has 1 heterocycles. The van der Waals surface area contributed by atoms with Crippen LogP contribution in [0.4, 0.5) is 4.39 Å². The molecule has 3 nitrogen and oxygen atoms in total. The van der Waals surface area contributed by atoms with Crippen molar-refractivity contribution in [2.75, 3.05) is 0 Å². The first-order chi connectivity index (χ1) is 9.13. The third kappa shape index (κ3) is 2.12. The molecule has 0 aliphatic carbocycles. The molecule has 1 aromatic heterocycles. The van der Waals surface area contributed by atoms with Crippen LogP contribution in [0.2, 0.25) is 0 Å². The van der Waals surface area contributed by atoms with Crippen LogP contribution in [0.3, 0.4) is 0 Å². The monoisotopic (exact) mass is 254 g/mol. The van der Waals surface area contributed by atoms with Crippen LogP contribution in [0.15, 0.2) is 47.3 Å². The molecule has 0 saturated carbocycles. The van der Waals surface area contributed by atoms with Crippen LogP contribution in [-0.4, -0.2) is 9.97 Å². The van der Waals surface area contributed by atoms with Gasteiger partial charge in [-0.25, -0.2) is 9.37 Å². The number of fused-ring (bicyclic) bond motifs is 1. The summed E-state index contributed by atoms with van der Waals surface area (Å²) in [6.45, 7) is 1.92. The third-order valence-electron chi connectivity index (χ3n) is 2.96. The summed E-state index contributed by atoms with van der Waals surface area (Å²) in [5.41, 5.74) is 1.94. The summed E-state index contributed by atoms with van der Waals surface area (Å²) in [5.74, 6) is 0.0185. The van der Waals surface area contributed by atoms with Gasteiger partial charge in [-0.05, 0) is 31.2 Å². The van der Waals surface area contributed by atoms with Gasteiger partial charge in [0.2, 0.25) is 0 Å². The number of hydrogen-bond donors (Lipinski definition) is 1. The number of aryl methyl sites for hydroxylation is 1. The molecule has 19 heavy (non-hydrogen) atoms. The van der Waals surface area contributed by atoms with Gasteiger partial charge in [0.25, 0.3) is 5.56 Å². The molecule has 94 valence electrons. The Bertz CT molecular complexity index is 824. The highest BCUT2D eigenvalue weighted by molar-refractivity contribution is 5.80. The second-order valence-corrected chi connectivity index (χ2v) is 4.45. The largest absolute Gasteiger partial charge is 0.306 e. The summed E-state index contributed by atoms with van der Waals surface area (Å²) < 4.78 is 13.2. The van der Waals surface area contributed by atoms with Crippen LogP contribution in [0.5, 0.6) is 0 Å². The van der Waals surface area contributed by atoms with Gasteiger partial charge in [0.1, 0.15) is 11.6 Å². The minimum atomic E-state index is -0.357. The van der Waals surface area contributed by atoms with E-state index in [1.807, 2.05) is 13.0 Å². The Morgan fingerprint density at radius 3 is 2.79 bits per heavy atom. The molecule has 0 radical (unpaired) electrons. The summed E-state index contributed by atoms with van der Waals surface area (Å²) in [4.78, 5) is 19.1. The third-order valence-corrected chi connectivity index (χ3v) is 2.96. The number of aromatic amines is 1. The second-order valence-electron chi connectivity index (χ2n) is 4.45. The number of rotatable bonds is 1. The number of nitrogens with zero attached hydrogens (tertiary/aromatic N) is 1. The average Bonchev–Trinajstić information content (AvgIpc) is 2.39. The van der Waals surface area contributed by atoms with Gasteiger partial charge in [-0.2, -0.15) is 0 Å². The zero-order valence-corrected chi connectivity index (χ0v) is 10.3. The maximum absolute atomic E-state index is 13.2. The zero-order chi connectivity index (χ0) is 13.4. The van der Waals surface area contributed by atoms with E-state index < -0.39 is 0 Å². The van der Waals surface area contributed by atoms with Crippen LogP contribution in [0, 0.1) is 12.7 Å². The minimum Gasteiger partial charge on any atom is -0.306 e. The van der Waals surface area contributed by atoms with E-state index in [1.54, 1.807) is 24.3 Å². The Labute approximate surface area is 108 Å². The van der Waals surface area contributed by atoms with Gasteiger partial charge in [0.15, 0.2) is 0 Å². The second kappa shape index (κ2) is 4.31. The van der Waals surface area contributed by atoms with E-state index in [0.29, 0.717) is 22.3 Å². The van der Waals surface area contributed by atoms with Crippen molar-refractivity contribution in [1.82, 2.24) is 9.97 Å². The molecule has 0 saturated heterocycles. The molecule has 0 atom stereocenters. The predicted octanol–water partition coefficient (Wildman–Crippen LogP) is 3.04. The van der Waals surface area contributed by atoms with Crippen LogP contribution >= 0.6 is 0 Å². The van der Waals surface area contributed by atoms with Crippen LogP contribution in [0.25, 0.3) is 22.3 Å². The van der Waals surface area contributed by atoms with Crippen molar-refractivity contribution in [1.29, 1.82) is 0 Å². The van der Waals surface area contributed by atoms with Gasteiger partial charge in [-0.3, -0.25) is 4.79 Å². The molecule has 3 rings (SSSR count). The lowest BCUT2D eigenvalue weighted by Crippen LogP contribution is -2.09. The Morgan fingerprint density at radius 1 is 1.16 bits per heavy atom. The van der Waals surface area contributed by atoms with E-state index >= 15 is 0 Å². The molecule has 1 N–H and O–H groups in total. The molecule has 0 bridgehead atoms. The molecule has 3 aromatic rings. The normalized spacial score (nSPS) is 10.8. The standard InChI is InChI=1S/C15H11FN2O/c1-9-5-6-13-12(7-9)15(19)18-14(17-13)10-3-2-4-11(16)8-10/h2-8H,1H3,(H,17,18,19). The fourth-order valence-electron chi connectivity index (χ4n) is 2.03. The first kappa shape index (κ1) is 11.6. The molecule has 0 aliphatic heterocycles. The van der Waals surface area contributed by atoms with Gasteiger partial charge in [0.05, 0.1) is 10.9 Å². The smallest absolute Gasteiger partial charge is 0.259 e. The van der Waals surface area contributed by atoms with Crippen LogP contribution in [0.1, 0.15) is 5.56 Å². The summed E-state index contributed by atoms with van der Waals surface area (Å²) in [6.07, 6.45) is 0. The van der Waals surface area contributed by atoms with Gasteiger partial charge in [0, 0.05) is 5.56 Å². The number of halogens is 1. The van der Waals surface area contributed by atoms with E-state index in [9.17, 15) is 9.18 Å². The summed E-state index contributed by atoms with van der Waals surface area (Å²) in [6, 6.07) is 11.5. The van der Waals surface area contributed by atoms with Crippen LogP contribution < -0.4 is 5.56 Å². The zero-order valence-electron chi connectivity index (χ0n) is 10.3. The van der Waals surface area contributed by atoms with Gasteiger partial charge < -0.3 is 4.98 Å². The number of hydrogen-bond acceptors (Lipinski definition) is 2. The SMILES string of the molecule is Cc1ccc2nc(-c3cccc(F)c3)[nH]c(=O)c2c1. The number of H-pyrrole nitrogens is 1. The Morgan fingerprint density at radius 2 is 2.00 bits per heavy atom. The van der Waals surface area contributed by atoms with E-state index in [4.69, 9.17) is 0 Å². The maximum Gasteiger partial charge on any atom is 0.259 e. The molecule has 0 spiro atoms. The molecular weight excluding hydrogens is 243 g/mol. The Kier molecular flexibility index (Phi) is 2.63. The van der Waals surface area contributed by atoms with E-state index in [-0.39, 0.29) is 11.4 Å². The number of aromatic nitrogens is 2. The molecule has 0 fully saturated rings. The van der Waals surface area contributed by atoms with E-state index in [2.05, 4.69) is 9.97 Å². The van der Waals surface area contributed by atoms with E-state index in [1.165, 1.54) is 12.1 Å². The molecular formula is C15H11FN2O. The maximum atomic E-state index is 13.2. The summed E-state index contributed by atoms with van der Waals surface area (Å²) >= 11 is 0. The summed E-state index contributed by atoms with van der Waals surface area (Å²) in [5, 5.41) is 0.542. The molecule has 4 heteroatoms. The van der Waals surface area contributed by atoms with Gasteiger partial charge in [-0.1, -0.05) is 23.8 Å². The quantitative estimate of drug-likeness (QED) is 0.725. The van der Waals surface area contributed by atoms with Crippen molar-refractivity contribution in [2.24, 2.45) is 0 Å². The summed E-state index contributed by atoms with van der Waals surface area (Å²) in [7, 11) is 0. The predicted molar refractivity (Wildman–Crippen MR) is 72.5 cm³/mol. The lowest BCUT2D eigenvalue weighted by molar-refractivity contribution is 0.628. The lowest BCUT2D eigenvalue weighted by atomic mass is 10.1. The van der Waals surface area contributed by atoms with Crippen molar-refractivity contribution in [3.8, 4) is 11.4 Å². The van der Waals surface area contributed by atoms with Crippen molar-refractivity contribution >= 4 is 10.9 Å². The highest BCUT2D eigenvalue weighted by Crippen LogP contribution is 2.17. The lowest BCUT2D eigenvalue weighted by Gasteiger charge is -2.04. The highest BCUT2D eigenvalue weighted by Gasteiger charge is 2.06. The average molecular weight is 254 g/mol. The van der Waals surface area contributed by atoms with Gasteiger partial charge in [-0.15, -0.1) is 0 Å². The number of nitrogens with one attached hydrogen (secondary N) is 1. The van der Waals surface area contributed by atoms with Crippen LogP contribution in [-0.2, 0) is 0 Å². The van der Waals surface area contributed by atoms with Crippen molar-refractivity contribution in [2.45, 2.75) is 6.92 Å². The number of benzene rings is 2. The Balaban J connectivity index is 2.27. The van der Waals surface area contributed by atoms with Crippen molar-refractivity contribution < 1.29 is 4.39 Å². The first-order valence-corrected chi connectivity index (χ1v) is 5.90.